The van der Waals surface area contributed by atoms with E-state index in [0.29, 0.717) is 24.0 Å². The summed E-state index contributed by atoms with van der Waals surface area (Å²) >= 11 is 0. The van der Waals surface area contributed by atoms with E-state index in [1.54, 1.807) is 14.2 Å². The molecule has 0 spiro atoms. The third-order valence-electron chi connectivity index (χ3n) is 3.99. The van der Waals surface area contributed by atoms with Crippen molar-refractivity contribution in [2.24, 2.45) is 10.7 Å². The Morgan fingerprint density at radius 1 is 0.857 bits per heavy atom. The molecule has 0 unspecified atom stereocenters. The fraction of sp³-hybridized carbons (Fsp3) is 0.136. The minimum atomic E-state index is 0.336. The Morgan fingerprint density at radius 3 is 2.32 bits per heavy atom. The van der Waals surface area contributed by atoms with Gasteiger partial charge in [0.25, 0.3) is 0 Å². The maximum atomic E-state index is 5.97. The Kier molecular flexibility index (Phi) is 6.36. The van der Waals surface area contributed by atoms with Crippen molar-refractivity contribution in [2.75, 3.05) is 19.5 Å². The number of hydrogen-bond donors (Lipinski definition) is 2. The molecule has 3 aromatic carbocycles. The Bertz CT molecular complexity index is 940. The number of aliphatic imine (C=N–C) groups is 1. The summed E-state index contributed by atoms with van der Waals surface area (Å²) < 4.78 is 16.4. The predicted octanol–water partition coefficient (Wildman–Crippen LogP) is 4.42. The van der Waals surface area contributed by atoms with Gasteiger partial charge in [-0.25, -0.2) is 4.99 Å². The summed E-state index contributed by atoms with van der Waals surface area (Å²) in [5.74, 6) is 3.17. The first kappa shape index (κ1) is 19.1. The van der Waals surface area contributed by atoms with Gasteiger partial charge in [0.2, 0.25) is 0 Å². The number of guanidine groups is 1. The van der Waals surface area contributed by atoms with Crippen LogP contribution in [0.15, 0.2) is 77.8 Å². The SMILES string of the molecule is COc1cccc(NC(N)=NCc2ccc(Oc3ccccc3OC)cc2)c1. The Balaban J connectivity index is 1.59. The third-order valence-corrected chi connectivity index (χ3v) is 3.99. The van der Waals surface area contributed by atoms with Gasteiger partial charge < -0.3 is 25.3 Å². The van der Waals surface area contributed by atoms with Crippen LogP contribution in [-0.2, 0) is 6.54 Å². The van der Waals surface area contributed by atoms with Crippen LogP contribution in [-0.4, -0.2) is 20.2 Å². The highest BCUT2D eigenvalue weighted by atomic mass is 16.5. The van der Waals surface area contributed by atoms with Gasteiger partial charge >= 0.3 is 0 Å². The molecule has 0 aromatic heterocycles. The van der Waals surface area contributed by atoms with Crippen molar-refractivity contribution in [2.45, 2.75) is 6.54 Å². The third kappa shape index (κ3) is 5.17. The highest BCUT2D eigenvalue weighted by molar-refractivity contribution is 5.92. The molecule has 0 bridgehead atoms. The summed E-state index contributed by atoms with van der Waals surface area (Å²) in [7, 11) is 3.24. The molecule has 0 fully saturated rings. The second-order valence-corrected chi connectivity index (χ2v) is 5.96. The van der Waals surface area contributed by atoms with E-state index in [0.717, 1.165) is 22.7 Å². The van der Waals surface area contributed by atoms with E-state index < -0.39 is 0 Å². The number of nitrogens with zero attached hydrogens (tertiary/aromatic N) is 1. The number of nitrogens with two attached hydrogens (primary N) is 1. The van der Waals surface area contributed by atoms with Gasteiger partial charge in [-0.3, -0.25) is 0 Å². The Labute approximate surface area is 164 Å². The lowest BCUT2D eigenvalue weighted by molar-refractivity contribution is 0.379. The van der Waals surface area contributed by atoms with Crippen LogP contribution >= 0.6 is 0 Å². The predicted molar refractivity (Wildman–Crippen MR) is 111 cm³/mol. The zero-order chi connectivity index (χ0) is 19.8. The minimum absolute atomic E-state index is 0.336. The molecule has 0 atom stereocenters. The first-order valence-corrected chi connectivity index (χ1v) is 8.79. The van der Waals surface area contributed by atoms with Crippen LogP contribution in [0, 0.1) is 0 Å². The van der Waals surface area contributed by atoms with Gasteiger partial charge in [0.05, 0.1) is 20.8 Å². The number of hydrogen-bond acceptors (Lipinski definition) is 4. The first-order valence-electron chi connectivity index (χ1n) is 8.79. The molecule has 0 aliphatic rings. The van der Waals surface area contributed by atoms with Crippen LogP contribution in [0.25, 0.3) is 0 Å². The van der Waals surface area contributed by atoms with E-state index >= 15 is 0 Å². The van der Waals surface area contributed by atoms with Crippen molar-refractivity contribution < 1.29 is 14.2 Å². The van der Waals surface area contributed by atoms with Gasteiger partial charge in [0, 0.05) is 11.8 Å². The number of rotatable bonds is 7. The van der Waals surface area contributed by atoms with E-state index in [9.17, 15) is 0 Å². The van der Waals surface area contributed by atoms with Gasteiger partial charge in [0.1, 0.15) is 11.5 Å². The van der Waals surface area contributed by atoms with Crippen molar-refractivity contribution in [1.29, 1.82) is 0 Å². The average molecular weight is 377 g/mol. The molecule has 0 saturated carbocycles. The summed E-state index contributed by atoms with van der Waals surface area (Å²) in [6, 6.07) is 22.7. The number of anilines is 1. The number of methoxy groups -OCH3 is 2. The molecule has 0 aliphatic heterocycles. The number of nitrogens with one attached hydrogen (secondary N) is 1. The van der Waals surface area contributed by atoms with Crippen LogP contribution in [0.5, 0.6) is 23.0 Å². The van der Waals surface area contributed by atoms with Crippen molar-refractivity contribution in [3.05, 3.63) is 78.4 Å². The Morgan fingerprint density at radius 2 is 1.61 bits per heavy atom. The zero-order valence-corrected chi connectivity index (χ0v) is 15.9. The number of para-hydroxylation sites is 2. The molecule has 6 nitrogen and oxygen atoms in total. The van der Waals surface area contributed by atoms with Crippen molar-refractivity contribution in [3.63, 3.8) is 0 Å². The van der Waals surface area contributed by atoms with Gasteiger partial charge in [-0.1, -0.05) is 30.3 Å². The number of ether oxygens (including phenoxy) is 3. The van der Waals surface area contributed by atoms with Crippen molar-refractivity contribution >= 4 is 11.6 Å². The molecule has 3 rings (SSSR count). The zero-order valence-electron chi connectivity index (χ0n) is 15.9. The van der Waals surface area contributed by atoms with E-state index in [-0.39, 0.29) is 0 Å². The lowest BCUT2D eigenvalue weighted by atomic mass is 10.2. The van der Waals surface area contributed by atoms with Crippen LogP contribution < -0.4 is 25.3 Å². The van der Waals surface area contributed by atoms with Gasteiger partial charge in [-0.2, -0.15) is 0 Å². The van der Waals surface area contributed by atoms with Gasteiger partial charge in [-0.05, 0) is 42.0 Å². The lowest BCUT2D eigenvalue weighted by Crippen LogP contribution is -2.22. The van der Waals surface area contributed by atoms with Crippen LogP contribution in [0.1, 0.15) is 5.56 Å². The van der Waals surface area contributed by atoms with E-state index in [4.69, 9.17) is 19.9 Å². The first-order chi connectivity index (χ1) is 13.7. The molecule has 28 heavy (non-hydrogen) atoms. The monoisotopic (exact) mass is 377 g/mol. The molecule has 0 saturated heterocycles. The van der Waals surface area contributed by atoms with Crippen LogP contribution in [0.4, 0.5) is 5.69 Å². The highest BCUT2D eigenvalue weighted by Gasteiger charge is 2.04. The molecule has 0 aliphatic carbocycles. The van der Waals surface area contributed by atoms with Crippen LogP contribution in [0.3, 0.4) is 0 Å². The van der Waals surface area contributed by atoms with Gasteiger partial charge in [-0.15, -0.1) is 0 Å². The topological polar surface area (TPSA) is 78.1 Å². The van der Waals surface area contributed by atoms with Crippen molar-refractivity contribution in [1.82, 2.24) is 0 Å². The fourth-order valence-electron chi connectivity index (χ4n) is 2.56. The fourth-order valence-corrected chi connectivity index (χ4v) is 2.56. The maximum absolute atomic E-state index is 5.97. The molecule has 0 radical (unpaired) electrons. The van der Waals surface area contributed by atoms with E-state index in [1.807, 2.05) is 72.8 Å². The largest absolute Gasteiger partial charge is 0.497 e. The summed E-state index contributed by atoms with van der Waals surface area (Å²) in [4.78, 5) is 4.37. The van der Waals surface area contributed by atoms with E-state index in [2.05, 4.69) is 10.3 Å². The molecular formula is C22H23N3O3. The minimum Gasteiger partial charge on any atom is -0.497 e. The smallest absolute Gasteiger partial charge is 0.193 e. The second-order valence-electron chi connectivity index (χ2n) is 5.96. The molecule has 0 heterocycles. The highest BCUT2D eigenvalue weighted by Crippen LogP contribution is 2.30. The summed E-state index contributed by atoms with van der Waals surface area (Å²) in [6.07, 6.45) is 0. The maximum Gasteiger partial charge on any atom is 0.193 e. The molecular weight excluding hydrogens is 354 g/mol. The summed E-state index contributed by atoms with van der Waals surface area (Å²) in [5, 5.41) is 3.05. The van der Waals surface area contributed by atoms with Crippen molar-refractivity contribution in [3.8, 4) is 23.0 Å². The molecule has 0 amide bonds. The molecule has 3 aromatic rings. The molecule has 144 valence electrons. The summed E-state index contributed by atoms with van der Waals surface area (Å²) in [5.41, 5.74) is 7.81. The van der Waals surface area contributed by atoms with Crippen LogP contribution in [0.2, 0.25) is 0 Å². The quantitative estimate of drug-likeness (QED) is 0.471. The molecule has 3 N–H and O–H groups in total. The van der Waals surface area contributed by atoms with E-state index in [1.165, 1.54) is 0 Å². The number of benzene rings is 3. The standard InChI is InChI=1S/C22H23N3O3/c1-26-19-7-5-6-17(14-19)25-22(23)24-15-16-10-12-18(13-11-16)28-21-9-4-3-8-20(21)27-2/h3-14H,15H2,1-2H3,(H3,23,24,25). The Hall–Kier alpha value is -3.67. The summed E-state index contributed by atoms with van der Waals surface area (Å²) in [6.45, 7) is 0.456. The second kappa shape index (κ2) is 9.32. The average Bonchev–Trinajstić information content (AvgIpc) is 2.74. The molecule has 6 heteroatoms. The normalized spacial score (nSPS) is 11.0. The lowest BCUT2D eigenvalue weighted by Gasteiger charge is -2.10. The van der Waals surface area contributed by atoms with Gasteiger partial charge in [0.15, 0.2) is 17.5 Å².